The SMILES string of the molecule is CNC1CCC(N(C)C(COC)c2ccccc2)CC1. The Hall–Kier alpha value is -0.900. The van der Waals surface area contributed by atoms with Crippen molar-refractivity contribution in [3.05, 3.63) is 35.9 Å². The highest BCUT2D eigenvalue weighted by Gasteiger charge is 2.28. The molecule has 0 amide bonds. The largest absolute Gasteiger partial charge is 0.383 e. The van der Waals surface area contributed by atoms with E-state index in [0.717, 1.165) is 6.61 Å². The number of benzene rings is 1. The lowest BCUT2D eigenvalue weighted by Crippen LogP contribution is -2.42. The molecule has 1 aromatic carbocycles. The Morgan fingerprint density at radius 2 is 1.85 bits per heavy atom. The predicted octanol–water partition coefficient (Wildman–Crippen LogP) is 2.84. The van der Waals surface area contributed by atoms with Crippen LogP contribution in [0.15, 0.2) is 30.3 Å². The Balaban J connectivity index is 2.02. The van der Waals surface area contributed by atoms with Crippen LogP contribution in [0.1, 0.15) is 37.3 Å². The van der Waals surface area contributed by atoms with Crippen LogP contribution in [0.4, 0.5) is 0 Å². The van der Waals surface area contributed by atoms with E-state index >= 15 is 0 Å². The molecule has 1 aliphatic rings. The maximum absolute atomic E-state index is 5.46. The summed E-state index contributed by atoms with van der Waals surface area (Å²) in [5.41, 5.74) is 1.35. The van der Waals surface area contributed by atoms with Crippen LogP contribution < -0.4 is 5.32 Å². The molecule has 1 fully saturated rings. The first-order valence-electron chi connectivity index (χ1n) is 7.69. The number of nitrogens with one attached hydrogen (secondary N) is 1. The van der Waals surface area contributed by atoms with E-state index in [2.05, 4.69) is 54.6 Å². The molecule has 0 heterocycles. The zero-order valence-electron chi connectivity index (χ0n) is 13.0. The Morgan fingerprint density at radius 3 is 2.40 bits per heavy atom. The summed E-state index contributed by atoms with van der Waals surface area (Å²) in [4.78, 5) is 2.52. The van der Waals surface area contributed by atoms with Crippen molar-refractivity contribution in [2.24, 2.45) is 0 Å². The van der Waals surface area contributed by atoms with E-state index in [1.165, 1.54) is 31.2 Å². The van der Waals surface area contributed by atoms with E-state index in [9.17, 15) is 0 Å². The van der Waals surface area contributed by atoms with E-state index in [0.29, 0.717) is 18.1 Å². The van der Waals surface area contributed by atoms with Gasteiger partial charge in [0.05, 0.1) is 12.6 Å². The zero-order chi connectivity index (χ0) is 14.4. The van der Waals surface area contributed by atoms with Gasteiger partial charge < -0.3 is 10.1 Å². The number of nitrogens with zero attached hydrogens (tertiary/aromatic N) is 1. The molecule has 1 N–H and O–H groups in total. The third-order valence-electron chi connectivity index (χ3n) is 4.68. The molecule has 0 saturated heterocycles. The number of rotatable bonds is 6. The van der Waals surface area contributed by atoms with Gasteiger partial charge in [0.1, 0.15) is 0 Å². The number of hydrogen-bond donors (Lipinski definition) is 1. The Kier molecular flexibility index (Phi) is 6.02. The lowest BCUT2D eigenvalue weighted by atomic mass is 9.89. The fraction of sp³-hybridized carbons (Fsp3) is 0.647. The summed E-state index contributed by atoms with van der Waals surface area (Å²) < 4.78 is 5.46. The monoisotopic (exact) mass is 276 g/mol. The lowest BCUT2D eigenvalue weighted by molar-refractivity contribution is 0.0628. The second kappa shape index (κ2) is 7.77. The van der Waals surface area contributed by atoms with Crippen molar-refractivity contribution in [2.75, 3.05) is 27.8 Å². The van der Waals surface area contributed by atoms with Gasteiger partial charge in [-0.05, 0) is 45.3 Å². The average molecular weight is 276 g/mol. The third-order valence-corrected chi connectivity index (χ3v) is 4.68. The van der Waals surface area contributed by atoms with Gasteiger partial charge in [0.15, 0.2) is 0 Å². The summed E-state index contributed by atoms with van der Waals surface area (Å²) in [6, 6.07) is 12.5. The first kappa shape index (κ1) is 15.5. The molecule has 0 radical (unpaired) electrons. The molecular weight excluding hydrogens is 248 g/mol. The fourth-order valence-electron chi connectivity index (χ4n) is 3.31. The van der Waals surface area contributed by atoms with Crippen LogP contribution in [0.5, 0.6) is 0 Å². The number of methoxy groups -OCH3 is 1. The predicted molar refractivity (Wildman–Crippen MR) is 83.9 cm³/mol. The zero-order valence-corrected chi connectivity index (χ0v) is 13.0. The van der Waals surface area contributed by atoms with Gasteiger partial charge in [0, 0.05) is 19.2 Å². The van der Waals surface area contributed by atoms with Gasteiger partial charge in [0.2, 0.25) is 0 Å². The van der Waals surface area contributed by atoms with Gasteiger partial charge in [0.25, 0.3) is 0 Å². The maximum Gasteiger partial charge on any atom is 0.0659 e. The highest BCUT2D eigenvalue weighted by molar-refractivity contribution is 5.19. The van der Waals surface area contributed by atoms with Gasteiger partial charge in [-0.25, -0.2) is 0 Å². The first-order chi connectivity index (χ1) is 9.76. The van der Waals surface area contributed by atoms with Crippen molar-refractivity contribution < 1.29 is 4.74 Å². The molecule has 0 aromatic heterocycles. The molecule has 1 aromatic rings. The lowest BCUT2D eigenvalue weighted by Gasteiger charge is -2.39. The Bertz CT molecular complexity index is 374. The second-order valence-corrected chi connectivity index (χ2v) is 5.84. The maximum atomic E-state index is 5.46. The van der Waals surface area contributed by atoms with E-state index in [1.54, 1.807) is 7.11 Å². The topological polar surface area (TPSA) is 24.5 Å². The van der Waals surface area contributed by atoms with E-state index < -0.39 is 0 Å². The van der Waals surface area contributed by atoms with E-state index in [1.807, 2.05) is 0 Å². The highest BCUT2D eigenvalue weighted by atomic mass is 16.5. The van der Waals surface area contributed by atoms with Crippen LogP contribution in [0.2, 0.25) is 0 Å². The van der Waals surface area contributed by atoms with Gasteiger partial charge in [-0.3, -0.25) is 4.90 Å². The highest BCUT2D eigenvalue weighted by Crippen LogP contribution is 2.29. The summed E-state index contributed by atoms with van der Waals surface area (Å²) in [7, 11) is 6.12. The van der Waals surface area contributed by atoms with Crippen LogP contribution in [-0.4, -0.2) is 44.8 Å². The quantitative estimate of drug-likeness (QED) is 0.864. The Labute approximate surface area is 123 Å². The van der Waals surface area contributed by atoms with Crippen molar-refractivity contribution >= 4 is 0 Å². The summed E-state index contributed by atoms with van der Waals surface area (Å²) in [5.74, 6) is 0. The first-order valence-corrected chi connectivity index (χ1v) is 7.69. The molecule has 112 valence electrons. The third kappa shape index (κ3) is 3.81. The Morgan fingerprint density at radius 1 is 1.20 bits per heavy atom. The van der Waals surface area contributed by atoms with Crippen LogP contribution in [0.3, 0.4) is 0 Å². The van der Waals surface area contributed by atoms with E-state index in [-0.39, 0.29) is 0 Å². The van der Waals surface area contributed by atoms with Crippen molar-refractivity contribution in [1.82, 2.24) is 10.2 Å². The average Bonchev–Trinajstić information content (AvgIpc) is 2.53. The van der Waals surface area contributed by atoms with Gasteiger partial charge in [-0.2, -0.15) is 0 Å². The second-order valence-electron chi connectivity index (χ2n) is 5.84. The van der Waals surface area contributed by atoms with Gasteiger partial charge >= 0.3 is 0 Å². The number of hydrogen-bond acceptors (Lipinski definition) is 3. The van der Waals surface area contributed by atoms with Crippen LogP contribution in [-0.2, 0) is 4.74 Å². The fourth-order valence-corrected chi connectivity index (χ4v) is 3.31. The summed E-state index contributed by atoms with van der Waals surface area (Å²) in [6.07, 6.45) is 5.10. The summed E-state index contributed by atoms with van der Waals surface area (Å²) in [6.45, 7) is 0.756. The number of ether oxygens (including phenoxy) is 1. The molecule has 3 nitrogen and oxygen atoms in total. The molecule has 0 spiro atoms. The molecule has 0 aliphatic heterocycles. The number of likely N-dealkylation sites (N-methyl/N-ethyl adjacent to an activating group) is 1. The molecule has 3 heteroatoms. The molecule has 20 heavy (non-hydrogen) atoms. The van der Waals surface area contributed by atoms with Gasteiger partial charge in [-0.15, -0.1) is 0 Å². The minimum absolute atomic E-state index is 0.359. The van der Waals surface area contributed by atoms with Crippen molar-refractivity contribution in [3.63, 3.8) is 0 Å². The standard InChI is InChI=1S/C17H28N2O/c1-18-15-9-11-16(12-10-15)19(2)17(13-20-3)14-7-5-4-6-8-14/h4-8,15-18H,9-13H2,1-3H3. The van der Waals surface area contributed by atoms with E-state index in [4.69, 9.17) is 4.74 Å². The van der Waals surface area contributed by atoms with Crippen LogP contribution in [0, 0.1) is 0 Å². The summed E-state index contributed by atoms with van der Waals surface area (Å²) in [5, 5.41) is 3.41. The molecular formula is C17H28N2O. The molecule has 1 unspecified atom stereocenters. The summed E-state index contributed by atoms with van der Waals surface area (Å²) >= 11 is 0. The van der Waals surface area contributed by atoms with Gasteiger partial charge in [-0.1, -0.05) is 30.3 Å². The van der Waals surface area contributed by atoms with Crippen molar-refractivity contribution in [2.45, 2.75) is 43.8 Å². The normalized spacial score (nSPS) is 24.8. The van der Waals surface area contributed by atoms with Crippen molar-refractivity contribution in [1.29, 1.82) is 0 Å². The van der Waals surface area contributed by atoms with Crippen LogP contribution in [0.25, 0.3) is 0 Å². The minimum atomic E-state index is 0.359. The molecule has 1 saturated carbocycles. The smallest absolute Gasteiger partial charge is 0.0659 e. The minimum Gasteiger partial charge on any atom is -0.383 e. The molecule has 0 bridgehead atoms. The molecule has 2 rings (SSSR count). The molecule has 1 aliphatic carbocycles. The molecule has 1 atom stereocenters. The van der Waals surface area contributed by atoms with Crippen molar-refractivity contribution in [3.8, 4) is 0 Å². The van der Waals surface area contributed by atoms with Crippen LogP contribution >= 0.6 is 0 Å².